The molecule has 5 amide bonds. The summed E-state index contributed by atoms with van der Waals surface area (Å²) in [7, 11) is 0. The molecule has 5 aliphatic rings. The highest BCUT2D eigenvalue weighted by Crippen LogP contribution is 2.55. The van der Waals surface area contributed by atoms with Gasteiger partial charge in [0, 0.05) is 65.3 Å². The van der Waals surface area contributed by atoms with E-state index in [1.54, 1.807) is 59.1 Å². The number of carbonyl (C=O) groups excluding carboxylic acids is 5. The molecule has 6 heterocycles. The molecule has 15 heteroatoms. The lowest BCUT2D eigenvalue weighted by Gasteiger charge is -2.53. The van der Waals surface area contributed by atoms with E-state index >= 15 is 0 Å². The fraction of sp³-hybridized carbons (Fsp3) is 0.288. The molecule has 13 nitrogen and oxygen atoms in total. The van der Waals surface area contributed by atoms with Crippen molar-refractivity contribution in [3.8, 4) is 20.9 Å². The Morgan fingerprint density at radius 2 is 1.22 bits per heavy atom. The first kappa shape index (κ1) is 42.8. The molecule has 67 heavy (non-hydrogen) atoms. The Bertz CT molecular complexity index is 2910. The van der Waals surface area contributed by atoms with Gasteiger partial charge in [0.25, 0.3) is 11.8 Å². The van der Waals surface area contributed by atoms with Crippen LogP contribution in [0, 0.1) is 17.8 Å². The molecule has 2 spiro atoms. The average Bonchev–Trinajstić information content (AvgIpc) is 3.73. The third-order valence-electron chi connectivity index (χ3n) is 14.5. The van der Waals surface area contributed by atoms with Gasteiger partial charge in [-0.15, -0.1) is 22.7 Å². The van der Waals surface area contributed by atoms with E-state index in [4.69, 9.17) is 16.2 Å². The first-order valence-electron chi connectivity index (χ1n) is 22.6. The second kappa shape index (κ2) is 16.8. The molecule has 0 bridgehead atoms. The number of anilines is 4. The molecule has 4 aliphatic heterocycles. The van der Waals surface area contributed by atoms with Crippen molar-refractivity contribution in [3.05, 3.63) is 142 Å². The summed E-state index contributed by atoms with van der Waals surface area (Å²) in [5, 5.41) is 9.91. The number of nitrogens with zero attached hydrogens (tertiary/aromatic N) is 3. The van der Waals surface area contributed by atoms with Gasteiger partial charge in [-0.2, -0.15) is 0 Å². The molecule has 11 rings (SSSR count). The van der Waals surface area contributed by atoms with E-state index in [-0.39, 0.29) is 47.3 Å². The zero-order valence-corrected chi connectivity index (χ0v) is 38.2. The maximum Gasteiger partial charge on any atom is 0.255 e. The molecule has 1 saturated carbocycles. The number of rotatable bonds is 12. The van der Waals surface area contributed by atoms with Crippen LogP contribution in [0.2, 0.25) is 0 Å². The Labute approximate surface area is 395 Å². The topological polar surface area (TPSA) is 180 Å². The Morgan fingerprint density at radius 3 is 1.72 bits per heavy atom. The number of amides is 5. The van der Waals surface area contributed by atoms with E-state index in [1.807, 2.05) is 98.3 Å². The summed E-state index contributed by atoms with van der Waals surface area (Å²) >= 11 is 3.23. The Kier molecular flexibility index (Phi) is 10.7. The van der Waals surface area contributed by atoms with Crippen molar-refractivity contribution < 1.29 is 28.7 Å². The predicted molar refractivity (Wildman–Crippen MR) is 260 cm³/mol. The summed E-state index contributed by atoms with van der Waals surface area (Å²) in [6, 6.07) is 33.8. The lowest BCUT2D eigenvalue weighted by atomic mass is 9.85. The summed E-state index contributed by atoms with van der Waals surface area (Å²) in [5.41, 5.74) is 18.3. The molecule has 340 valence electrons. The highest BCUT2D eigenvalue weighted by Gasteiger charge is 2.64. The van der Waals surface area contributed by atoms with Crippen LogP contribution in [0.4, 0.5) is 22.7 Å². The fourth-order valence-electron chi connectivity index (χ4n) is 10.5. The number of likely N-dealkylation sites (tertiary alicyclic amines) is 3. The highest BCUT2D eigenvalue weighted by atomic mass is 32.1. The first-order chi connectivity index (χ1) is 32.5. The number of thiophene rings is 2. The Morgan fingerprint density at radius 1 is 0.687 bits per heavy atom. The number of nitrogens with one attached hydrogen (secondary N) is 2. The molecular formula is C52H49N7O6S2. The van der Waals surface area contributed by atoms with Gasteiger partial charge < -0.3 is 41.5 Å². The SMILES string of the molecule is Nc1ccc(-c2cccs2)cc1NC(=O)c1ccc(CN2C(=O)CCC23CN(C(=O)C2CC2C2CC4(COC4)N(Cc4ccc(C(=O)Nc5cc(-c6cccs6)ccc5N)cc4)C2=O)C3)cc1. The van der Waals surface area contributed by atoms with Crippen molar-refractivity contribution in [2.75, 3.05) is 48.4 Å². The van der Waals surface area contributed by atoms with Gasteiger partial charge >= 0.3 is 0 Å². The monoisotopic (exact) mass is 931 g/mol. The van der Waals surface area contributed by atoms with Gasteiger partial charge in [0.15, 0.2) is 0 Å². The number of nitrogens with two attached hydrogens (primary N) is 2. The summed E-state index contributed by atoms with van der Waals surface area (Å²) in [4.78, 5) is 75.9. The molecule has 6 N–H and O–H groups in total. The minimum absolute atomic E-state index is 0.0331. The summed E-state index contributed by atoms with van der Waals surface area (Å²) < 4.78 is 5.70. The summed E-state index contributed by atoms with van der Waals surface area (Å²) in [6.45, 7) is 2.63. The van der Waals surface area contributed by atoms with Crippen molar-refractivity contribution in [3.63, 3.8) is 0 Å². The minimum Gasteiger partial charge on any atom is -0.397 e. The average molecular weight is 932 g/mol. The van der Waals surface area contributed by atoms with Gasteiger partial charge in [-0.05, 0) is 119 Å². The fourth-order valence-corrected chi connectivity index (χ4v) is 11.9. The van der Waals surface area contributed by atoms with E-state index in [1.165, 1.54) is 0 Å². The van der Waals surface area contributed by atoms with E-state index in [0.29, 0.717) is 99.0 Å². The largest absolute Gasteiger partial charge is 0.397 e. The lowest BCUT2D eigenvalue weighted by Crippen LogP contribution is -2.69. The number of nitrogen functional groups attached to an aromatic ring is 2. The van der Waals surface area contributed by atoms with Crippen LogP contribution in [-0.4, -0.2) is 81.6 Å². The van der Waals surface area contributed by atoms with E-state index in [2.05, 4.69) is 10.6 Å². The Hall–Kier alpha value is -6.81. The number of hydrogen-bond acceptors (Lipinski definition) is 10. The Balaban J connectivity index is 0.686. The molecule has 3 atom stereocenters. The molecular weight excluding hydrogens is 883 g/mol. The van der Waals surface area contributed by atoms with Gasteiger partial charge in [-0.25, -0.2) is 0 Å². The molecule has 2 aromatic heterocycles. The summed E-state index contributed by atoms with van der Waals surface area (Å²) in [6.07, 6.45) is 2.42. The first-order valence-corrected chi connectivity index (χ1v) is 24.4. The molecule has 4 aromatic carbocycles. The van der Waals surface area contributed by atoms with Crippen molar-refractivity contribution in [2.45, 2.75) is 49.9 Å². The van der Waals surface area contributed by atoms with Gasteiger partial charge in [-0.1, -0.05) is 48.5 Å². The normalized spacial score (nSPS) is 21.1. The molecule has 5 fully saturated rings. The van der Waals surface area contributed by atoms with Crippen molar-refractivity contribution >= 4 is 75.0 Å². The van der Waals surface area contributed by atoms with Crippen LogP contribution in [-0.2, 0) is 32.2 Å². The molecule has 1 aliphatic carbocycles. The van der Waals surface area contributed by atoms with Crippen molar-refractivity contribution in [2.24, 2.45) is 17.8 Å². The number of benzene rings is 4. The maximum absolute atomic E-state index is 14.2. The zero-order valence-electron chi connectivity index (χ0n) is 36.6. The molecule has 6 aromatic rings. The van der Waals surface area contributed by atoms with Gasteiger partial charge in [0.1, 0.15) is 0 Å². The smallest absolute Gasteiger partial charge is 0.255 e. The summed E-state index contributed by atoms with van der Waals surface area (Å²) in [5.74, 6) is -0.910. The van der Waals surface area contributed by atoms with Crippen molar-refractivity contribution in [1.29, 1.82) is 0 Å². The van der Waals surface area contributed by atoms with E-state index in [9.17, 15) is 24.0 Å². The van der Waals surface area contributed by atoms with Crippen LogP contribution in [0.5, 0.6) is 0 Å². The third-order valence-corrected chi connectivity index (χ3v) is 16.3. The zero-order chi connectivity index (χ0) is 46.0. The van der Waals surface area contributed by atoms with E-state index in [0.717, 1.165) is 32.0 Å². The lowest BCUT2D eigenvalue weighted by molar-refractivity contribution is -0.155. The molecule has 0 radical (unpaired) electrons. The van der Waals surface area contributed by atoms with Crippen LogP contribution in [0.15, 0.2) is 120 Å². The second-order valence-corrected chi connectivity index (χ2v) is 20.6. The highest BCUT2D eigenvalue weighted by molar-refractivity contribution is 7.13. The standard InChI is InChI=1S/C52H49N7O6S2/c53-40-15-13-35(44-3-1-19-66-44)21-42(40)55-47(61)33-9-5-31(6-10-33)25-58-46(60)17-18-51(58)27-57(28-51)49(63)38-23-37(38)39-24-52(29-65-30-52)59(50(39)64)26-32-7-11-34(12-8-32)48(62)56-43-22-36(14-16-41(43)54)45-4-2-20-67-45/h1-16,19-22,37-39H,17-18,23-30,53-54H2,(H,55,61)(H,56,62). The molecule has 3 unspecified atom stereocenters. The van der Waals surface area contributed by atoms with E-state index < -0.39 is 11.1 Å². The third kappa shape index (κ3) is 7.94. The van der Waals surface area contributed by atoms with Crippen LogP contribution in [0.25, 0.3) is 20.9 Å². The number of ether oxygens (including phenoxy) is 1. The quantitative estimate of drug-likeness (QED) is 0.0893. The maximum atomic E-state index is 14.2. The van der Waals surface area contributed by atoms with Crippen LogP contribution in [0.3, 0.4) is 0 Å². The van der Waals surface area contributed by atoms with Crippen LogP contribution < -0.4 is 22.1 Å². The van der Waals surface area contributed by atoms with Crippen LogP contribution >= 0.6 is 22.7 Å². The van der Waals surface area contributed by atoms with Crippen LogP contribution in [0.1, 0.15) is 57.5 Å². The van der Waals surface area contributed by atoms with Gasteiger partial charge in [0.05, 0.1) is 47.0 Å². The van der Waals surface area contributed by atoms with Gasteiger partial charge in [-0.3, -0.25) is 24.0 Å². The predicted octanol–water partition coefficient (Wildman–Crippen LogP) is 7.97. The second-order valence-electron chi connectivity index (χ2n) is 18.7. The molecule has 4 saturated heterocycles. The minimum atomic E-state index is -0.426. The number of carbonyl (C=O) groups is 5. The van der Waals surface area contributed by atoms with Crippen molar-refractivity contribution in [1.82, 2.24) is 14.7 Å². The van der Waals surface area contributed by atoms with Gasteiger partial charge in [0.2, 0.25) is 17.7 Å². The number of hydrogen-bond donors (Lipinski definition) is 4.